The first-order valence-electron chi connectivity index (χ1n) is 16.0. The highest BCUT2D eigenvalue weighted by molar-refractivity contribution is 6.35. The summed E-state index contributed by atoms with van der Waals surface area (Å²) in [6.45, 7) is 6.95. The lowest BCUT2D eigenvalue weighted by Gasteiger charge is -2.37. The molecule has 4 aromatic rings. The van der Waals surface area contributed by atoms with Gasteiger partial charge in [0.15, 0.2) is 0 Å². The fraction of sp³-hybridized carbons (Fsp3) is 0.343. The van der Waals surface area contributed by atoms with Crippen LogP contribution in [0, 0.1) is 0 Å². The van der Waals surface area contributed by atoms with Crippen LogP contribution in [0.1, 0.15) is 12.5 Å². The summed E-state index contributed by atoms with van der Waals surface area (Å²) in [6, 6.07) is 20.8. The van der Waals surface area contributed by atoms with Gasteiger partial charge in [0.1, 0.15) is 25.0 Å². The molecule has 3 amide bonds. The number of carbonyl (C=O) groups is 2. The van der Waals surface area contributed by atoms with Gasteiger partial charge in [-0.3, -0.25) is 4.79 Å². The van der Waals surface area contributed by atoms with Crippen molar-refractivity contribution in [2.45, 2.75) is 25.4 Å². The number of nitrogens with zero attached hydrogens (tertiary/aromatic N) is 6. The third-order valence-electron chi connectivity index (χ3n) is 8.96. The number of ether oxygens (including phenoxy) is 3. The minimum absolute atomic E-state index is 0.130. The predicted octanol–water partition coefficient (Wildman–Crippen LogP) is 5.65. The van der Waals surface area contributed by atoms with Crippen LogP contribution in [0.4, 0.5) is 21.9 Å². The Morgan fingerprint density at radius 3 is 2.19 bits per heavy atom. The number of hydrogen-bond donors (Lipinski definition) is 0. The Morgan fingerprint density at radius 1 is 0.917 bits per heavy atom. The van der Waals surface area contributed by atoms with Crippen LogP contribution in [0.2, 0.25) is 10.0 Å². The maximum absolute atomic E-state index is 12.5. The van der Waals surface area contributed by atoms with Crippen LogP contribution in [-0.4, -0.2) is 85.0 Å². The molecule has 0 N–H and O–H groups in total. The summed E-state index contributed by atoms with van der Waals surface area (Å²) >= 11 is 12.8. The lowest BCUT2D eigenvalue weighted by Crippen LogP contribution is -2.46. The number of imidazole rings is 1. The van der Waals surface area contributed by atoms with Gasteiger partial charge in [0, 0.05) is 67.1 Å². The van der Waals surface area contributed by atoms with Gasteiger partial charge in [-0.1, -0.05) is 29.3 Å². The van der Waals surface area contributed by atoms with Gasteiger partial charge in [-0.05, 0) is 67.6 Å². The molecule has 13 heteroatoms. The van der Waals surface area contributed by atoms with Crippen molar-refractivity contribution in [2.75, 3.05) is 67.2 Å². The quantitative estimate of drug-likeness (QED) is 0.197. The summed E-state index contributed by atoms with van der Waals surface area (Å²) in [6.07, 6.45) is 4.96. The van der Waals surface area contributed by atoms with Gasteiger partial charge in [0.2, 0.25) is 5.79 Å². The summed E-state index contributed by atoms with van der Waals surface area (Å²) < 4.78 is 20.8. The zero-order valence-electron chi connectivity index (χ0n) is 26.5. The number of carbonyl (C=O) groups excluding carboxylic acids is 2. The van der Waals surface area contributed by atoms with Crippen LogP contribution in [0.5, 0.6) is 5.75 Å². The van der Waals surface area contributed by atoms with E-state index >= 15 is 0 Å². The number of anilines is 3. The molecule has 3 saturated heterocycles. The Balaban J connectivity index is 0.922. The smallest absolute Gasteiger partial charge is 0.331 e. The molecule has 2 atom stereocenters. The first-order chi connectivity index (χ1) is 23.3. The van der Waals surface area contributed by atoms with Crippen molar-refractivity contribution in [3.05, 3.63) is 101 Å². The zero-order chi connectivity index (χ0) is 33.3. The molecule has 11 nitrogen and oxygen atoms in total. The standard InChI is InChI=1S/C35H36Cl2N6O5/c1-2-40-20-33(44)43(34(40)45)28-6-4-26(5-7-28)41-15-17-42(18-16-41)27-8-10-29(11-9-27)46-21-30-22-47-35(48-30,23-39-14-13-38-24-39)31-12-3-25(36)19-32(31)37/h3-14,19,24,30H,2,15-18,20-23H2,1H3. The molecule has 3 fully saturated rings. The van der Waals surface area contributed by atoms with Crippen molar-refractivity contribution in [3.63, 3.8) is 0 Å². The van der Waals surface area contributed by atoms with E-state index in [0.29, 0.717) is 47.6 Å². The van der Waals surface area contributed by atoms with E-state index < -0.39 is 5.79 Å². The Labute approximate surface area is 289 Å². The third-order valence-corrected chi connectivity index (χ3v) is 9.51. The fourth-order valence-electron chi connectivity index (χ4n) is 6.40. The van der Waals surface area contributed by atoms with Crippen LogP contribution < -0.4 is 19.4 Å². The number of urea groups is 1. The molecular formula is C35H36Cl2N6O5. The highest BCUT2D eigenvalue weighted by atomic mass is 35.5. The molecule has 0 saturated carbocycles. The molecule has 2 unspecified atom stereocenters. The van der Waals surface area contributed by atoms with E-state index in [1.807, 2.05) is 60.2 Å². The second-order valence-electron chi connectivity index (χ2n) is 12.0. The molecule has 0 aliphatic carbocycles. The number of imide groups is 1. The Hall–Kier alpha value is -4.29. The fourth-order valence-corrected chi connectivity index (χ4v) is 6.96. The minimum Gasteiger partial charge on any atom is -0.491 e. The summed E-state index contributed by atoms with van der Waals surface area (Å²) in [5.74, 6) is -0.550. The summed E-state index contributed by atoms with van der Waals surface area (Å²) in [5, 5.41) is 1.01. The maximum Gasteiger partial charge on any atom is 0.331 e. The Kier molecular flexibility index (Phi) is 9.19. The first-order valence-corrected chi connectivity index (χ1v) is 16.8. The summed E-state index contributed by atoms with van der Waals surface area (Å²) in [4.78, 5) is 36.6. The van der Waals surface area contributed by atoms with Crippen LogP contribution >= 0.6 is 23.2 Å². The van der Waals surface area contributed by atoms with Crippen molar-refractivity contribution in [3.8, 4) is 5.75 Å². The highest BCUT2D eigenvalue weighted by Crippen LogP contribution is 2.40. The zero-order valence-corrected chi connectivity index (χ0v) is 28.0. The molecule has 3 aromatic carbocycles. The van der Waals surface area contributed by atoms with Crippen molar-refractivity contribution in [1.29, 1.82) is 0 Å². The van der Waals surface area contributed by atoms with Crippen molar-refractivity contribution < 1.29 is 23.8 Å². The highest BCUT2D eigenvalue weighted by Gasteiger charge is 2.45. The van der Waals surface area contributed by atoms with Crippen molar-refractivity contribution in [2.24, 2.45) is 0 Å². The molecule has 0 spiro atoms. The van der Waals surface area contributed by atoms with E-state index in [1.54, 1.807) is 29.6 Å². The monoisotopic (exact) mass is 690 g/mol. The molecule has 250 valence electrons. The summed E-state index contributed by atoms with van der Waals surface area (Å²) in [7, 11) is 0. The average molecular weight is 692 g/mol. The lowest BCUT2D eigenvalue weighted by atomic mass is 10.1. The number of hydrogen-bond acceptors (Lipinski definition) is 8. The van der Waals surface area contributed by atoms with E-state index in [9.17, 15) is 9.59 Å². The molecule has 7 rings (SSSR count). The van der Waals surface area contributed by atoms with Crippen molar-refractivity contribution in [1.82, 2.24) is 14.5 Å². The van der Waals surface area contributed by atoms with Gasteiger partial charge >= 0.3 is 6.03 Å². The number of piperazine rings is 1. The molecule has 3 aliphatic rings. The van der Waals surface area contributed by atoms with Crippen LogP contribution in [0.15, 0.2) is 85.5 Å². The Morgan fingerprint density at radius 2 is 1.58 bits per heavy atom. The van der Waals surface area contributed by atoms with Gasteiger partial charge in [-0.2, -0.15) is 0 Å². The van der Waals surface area contributed by atoms with Crippen LogP contribution in [-0.2, 0) is 26.6 Å². The first kappa shape index (κ1) is 32.3. The van der Waals surface area contributed by atoms with E-state index in [1.165, 1.54) is 4.90 Å². The van der Waals surface area contributed by atoms with E-state index in [-0.39, 0.29) is 24.6 Å². The number of benzene rings is 3. The number of amides is 3. The lowest BCUT2D eigenvalue weighted by molar-refractivity contribution is -0.189. The predicted molar refractivity (Wildman–Crippen MR) is 184 cm³/mol. The molecule has 0 bridgehead atoms. The number of halogens is 2. The topological polar surface area (TPSA) is 92.6 Å². The Bertz CT molecular complexity index is 1750. The molecule has 1 aromatic heterocycles. The molecular weight excluding hydrogens is 655 g/mol. The average Bonchev–Trinajstić information content (AvgIpc) is 3.84. The van der Waals surface area contributed by atoms with Gasteiger partial charge in [0.05, 0.1) is 30.2 Å². The van der Waals surface area contributed by atoms with Crippen molar-refractivity contribution >= 4 is 52.2 Å². The van der Waals surface area contributed by atoms with E-state index in [4.69, 9.17) is 37.4 Å². The van der Waals surface area contributed by atoms with E-state index in [2.05, 4.69) is 26.9 Å². The SMILES string of the molecule is CCN1CC(=O)N(c2ccc(N3CCN(c4ccc(OCC5COC(Cn6ccnc6)(c6ccc(Cl)cc6Cl)O5)cc4)CC3)cc2)C1=O. The number of aromatic nitrogens is 2. The molecule has 4 heterocycles. The number of rotatable bonds is 10. The molecule has 48 heavy (non-hydrogen) atoms. The normalized spacial score (nSPS) is 21.4. The van der Waals surface area contributed by atoms with Crippen LogP contribution in [0.3, 0.4) is 0 Å². The maximum atomic E-state index is 12.5. The van der Waals surface area contributed by atoms with Gasteiger partial charge in [0.25, 0.3) is 5.91 Å². The number of likely N-dealkylation sites (N-methyl/N-ethyl adjacent to an activating group) is 1. The van der Waals surface area contributed by atoms with Gasteiger partial charge < -0.3 is 33.5 Å². The molecule has 3 aliphatic heterocycles. The van der Waals surface area contributed by atoms with E-state index in [0.717, 1.165) is 43.3 Å². The third kappa shape index (κ3) is 6.55. The van der Waals surface area contributed by atoms with Crippen LogP contribution in [0.25, 0.3) is 0 Å². The van der Waals surface area contributed by atoms with Gasteiger partial charge in [-0.25, -0.2) is 14.7 Å². The second-order valence-corrected chi connectivity index (χ2v) is 12.8. The summed E-state index contributed by atoms with van der Waals surface area (Å²) in [5.41, 5.74) is 3.50. The second kappa shape index (κ2) is 13.7. The van der Waals surface area contributed by atoms with Gasteiger partial charge in [-0.15, -0.1) is 0 Å². The largest absolute Gasteiger partial charge is 0.491 e. The molecule has 0 radical (unpaired) electrons. The minimum atomic E-state index is -1.10.